The summed E-state index contributed by atoms with van der Waals surface area (Å²) in [6.45, 7) is 6.12. The van der Waals surface area contributed by atoms with Crippen LogP contribution in [-0.2, 0) is 9.53 Å². The molecular weight excluding hydrogens is 266 g/mol. The number of ether oxygens (including phenoxy) is 1. The molecule has 1 aromatic rings. The summed E-state index contributed by atoms with van der Waals surface area (Å²) in [5.41, 5.74) is 0. The monoisotopic (exact) mass is 293 g/mol. The second-order valence-corrected chi connectivity index (χ2v) is 6.24. The van der Waals surface area contributed by atoms with Crippen molar-refractivity contribution >= 4 is 5.91 Å². The van der Waals surface area contributed by atoms with Crippen molar-refractivity contribution in [1.29, 1.82) is 0 Å². The van der Waals surface area contributed by atoms with Crippen LogP contribution in [-0.4, -0.2) is 34.7 Å². The lowest BCUT2D eigenvalue weighted by atomic mass is 9.93. The van der Waals surface area contributed by atoms with Gasteiger partial charge in [0.05, 0.1) is 6.10 Å². The normalized spacial score (nSPS) is 24.0. The highest BCUT2D eigenvalue weighted by Gasteiger charge is 2.25. The lowest BCUT2D eigenvalue weighted by molar-refractivity contribution is -0.125. The molecule has 0 spiro atoms. The zero-order valence-corrected chi connectivity index (χ0v) is 13.5. The summed E-state index contributed by atoms with van der Waals surface area (Å²) in [5.74, 6) is 1.35. The van der Waals surface area contributed by atoms with Gasteiger partial charge in [-0.3, -0.25) is 4.79 Å². The summed E-state index contributed by atoms with van der Waals surface area (Å²) in [7, 11) is 1.76. The molecule has 5 heteroatoms. The van der Waals surface area contributed by atoms with Gasteiger partial charge in [0.2, 0.25) is 5.91 Å². The fourth-order valence-electron chi connectivity index (χ4n) is 2.99. The van der Waals surface area contributed by atoms with E-state index in [9.17, 15) is 4.79 Å². The SMILES string of the molecule is COC1CCC(NC(=O)C(C)n2ccnc2C(C)C)CC1. The first-order valence-electron chi connectivity index (χ1n) is 7.88. The highest BCUT2D eigenvalue weighted by Crippen LogP contribution is 2.22. The number of carbonyl (C=O) groups is 1. The lowest BCUT2D eigenvalue weighted by Crippen LogP contribution is -2.42. The van der Waals surface area contributed by atoms with Gasteiger partial charge in [-0.15, -0.1) is 0 Å². The minimum atomic E-state index is -0.218. The Morgan fingerprint density at radius 2 is 2.00 bits per heavy atom. The molecule has 2 rings (SSSR count). The number of imidazole rings is 1. The molecule has 0 aromatic carbocycles. The summed E-state index contributed by atoms with van der Waals surface area (Å²) in [4.78, 5) is 16.8. The minimum absolute atomic E-state index is 0.0794. The number of nitrogens with one attached hydrogen (secondary N) is 1. The number of aromatic nitrogens is 2. The van der Waals surface area contributed by atoms with Crippen LogP contribution in [0.3, 0.4) is 0 Å². The third kappa shape index (κ3) is 3.84. The van der Waals surface area contributed by atoms with Crippen LogP contribution in [0, 0.1) is 0 Å². The highest BCUT2D eigenvalue weighted by molar-refractivity contribution is 5.80. The molecule has 1 atom stereocenters. The Bertz CT molecular complexity index is 462. The van der Waals surface area contributed by atoms with Crippen LogP contribution in [0.25, 0.3) is 0 Å². The molecule has 0 bridgehead atoms. The van der Waals surface area contributed by atoms with Crippen molar-refractivity contribution in [2.24, 2.45) is 0 Å². The maximum atomic E-state index is 12.4. The smallest absolute Gasteiger partial charge is 0.243 e. The van der Waals surface area contributed by atoms with Crippen LogP contribution in [0.5, 0.6) is 0 Å². The molecule has 1 amide bonds. The average Bonchev–Trinajstić information content (AvgIpc) is 2.96. The lowest BCUT2D eigenvalue weighted by Gasteiger charge is -2.29. The third-order valence-corrected chi connectivity index (χ3v) is 4.37. The van der Waals surface area contributed by atoms with E-state index < -0.39 is 0 Å². The van der Waals surface area contributed by atoms with Gasteiger partial charge in [-0.2, -0.15) is 0 Å². The number of nitrogens with zero attached hydrogens (tertiary/aromatic N) is 2. The zero-order valence-electron chi connectivity index (χ0n) is 13.5. The quantitative estimate of drug-likeness (QED) is 0.908. The zero-order chi connectivity index (χ0) is 15.4. The number of amides is 1. The highest BCUT2D eigenvalue weighted by atomic mass is 16.5. The maximum absolute atomic E-state index is 12.4. The molecule has 0 radical (unpaired) electrons. The van der Waals surface area contributed by atoms with Crippen LogP contribution >= 0.6 is 0 Å². The summed E-state index contributed by atoms with van der Waals surface area (Å²) in [5, 5.41) is 3.17. The van der Waals surface area contributed by atoms with Gasteiger partial charge in [0.15, 0.2) is 0 Å². The molecule has 0 saturated heterocycles. The van der Waals surface area contributed by atoms with Gasteiger partial charge in [-0.25, -0.2) is 4.98 Å². The summed E-state index contributed by atoms with van der Waals surface area (Å²) < 4.78 is 7.34. The molecule has 1 unspecified atom stereocenters. The Morgan fingerprint density at radius 1 is 1.33 bits per heavy atom. The summed E-state index contributed by atoms with van der Waals surface area (Å²) in [6.07, 6.45) is 8.06. The predicted molar refractivity (Wildman–Crippen MR) is 82.2 cm³/mol. The standard InChI is InChI=1S/C16H27N3O2/c1-11(2)15-17-9-10-19(15)12(3)16(20)18-13-5-7-14(21-4)8-6-13/h9-14H,5-8H2,1-4H3,(H,18,20). The van der Waals surface area contributed by atoms with Gasteiger partial charge in [-0.1, -0.05) is 13.8 Å². The molecule has 1 aliphatic rings. The molecule has 1 heterocycles. The third-order valence-electron chi connectivity index (χ3n) is 4.37. The first-order valence-corrected chi connectivity index (χ1v) is 7.88. The van der Waals surface area contributed by atoms with Crippen molar-refractivity contribution in [2.75, 3.05) is 7.11 Å². The maximum Gasteiger partial charge on any atom is 0.243 e. The molecule has 118 valence electrons. The van der Waals surface area contributed by atoms with E-state index in [-0.39, 0.29) is 18.0 Å². The summed E-state index contributed by atoms with van der Waals surface area (Å²) in [6, 6.07) is 0.0578. The van der Waals surface area contributed by atoms with Gasteiger partial charge in [0, 0.05) is 31.5 Å². The summed E-state index contributed by atoms with van der Waals surface area (Å²) >= 11 is 0. The molecule has 1 fully saturated rings. The number of hydrogen-bond acceptors (Lipinski definition) is 3. The number of rotatable bonds is 5. The Morgan fingerprint density at radius 3 is 2.57 bits per heavy atom. The van der Waals surface area contributed by atoms with Crippen molar-refractivity contribution in [2.45, 2.75) is 70.6 Å². The van der Waals surface area contributed by atoms with Crippen molar-refractivity contribution in [1.82, 2.24) is 14.9 Å². The van der Waals surface area contributed by atoms with Crippen molar-refractivity contribution in [3.05, 3.63) is 18.2 Å². The van der Waals surface area contributed by atoms with E-state index in [4.69, 9.17) is 4.74 Å². The number of carbonyl (C=O) groups excluding carboxylic acids is 1. The van der Waals surface area contributed by atoms with Crippen molar-refractivity contribution in [3.8, 4) is 0 Å². The van der Waals surface area contributed by atoms with E-state index in [1.165, 1.54) is 0 Å². The van der Waals surface area contributed by atoms with E-state index >= 15 is 0 Å². The number of hydrogen-bond donors (Lipinski definition) is 1. The van der Waals surface area contributed by atoms with Crippen LogP contribution in [0.1, 0.15) is 64.2 Å². The minimum Gasteiger partial charge on any atom is -0.381 e. The van der Waals surface area contributed by atoms with Gasteiger partial charge < -0.3 is 14.6 Å². The Hall–Kier alpha value is -1.36. The average molecular weight is 293 g/mol. The van der Waals surface area contributed by atoms with E-state index in [0.717, 1.165) is 31.5 Å². The first kappa shape index (κ1) is 16.0. The Balaban J connectivity index is 1.92. The van der Waals surface area contributed by atoms with Crippen LogP contribution in [0.4, 0.5) is 0 Å². The molecule has 1 N–H and O–H groups in total. The molecule has 1 saturated carbocycles. The van der Waals surface area contributed by atoms with Gasteiger partial charge >= 0.3 is 0 Å². The second-order valence-electron chi connectivity index (χ2n) is 6.24. The van der Waals surface area contributed by atoms with E-state index in [1.807, 2.05) is 17.7 Å². The van der Waals surface area contributed by atoms with Crippen LogP contribution in [0.15, 0.2) is 12.4 Å². The van der Waals surface area contributed by atoms with E-state index in [2.05, 4.69) is 24.1 Å². The van der Waals surface area contributed by atoms with Gasteiger partial charge in [0.25, 0.3) is 0 Å². The molecule has 21 heavy (non-hydrogen) atoms. The van der Waals surface area contributed by atoms with E-state index in [0.29, 0.717) is 12.0 Å². The fraction of sp³-hybridized carbons (Fsp3) is 0.750. The Kier molecular flexibility index (Phi) is 5.39. The second kappa shape index (κ2) is 7.07. The molecule has 1 aromatic heterocycles. The number of methoxy groups -OCH3 is 1. The Labute approximate surface area is 127 Å². The molecule has 0 aliphatic heterocycles. The van der Waals surface area contributed by atoms with Gasteiger partial charge in [0.1, 0.15) is 11.9 Å². The van der Waals surface area contributed by atoms with Crippen molar-refractivity contribution in [3.63, 3.8) is 0 Å². The predicted octanol–water partition coefficient (Wildman–Crippen LogP) is 2.64. The van der Waals surface area contributed by atoms with Crippen LogP contribution < -0.4 is 5.32 Å². The molecular formula is C16H27N3O2. The molecule has 5 nitrogen and oxygen atoms in total. The topological polar surface area (TPSA) is 56.1 Å². The van der Waals surface area contributed by atoms with E-state index in [1.54, 1.807) is 13.3 Å². The van der Waals surface area contributed by atoms with Gasteiger partial charge in [-0.05, 0) is 32.6 Å². The van der Waals surface area contributed by atoms with Crippen LogP contribution in [0.2, 0.25) is 0 Å². The fourth-order valence-corrected chi connectivity index (χ4v) is 2.99. The molecule has 1 aliphatic carbocycles. The van der Waals surface area contributed by atoms with Crippen molar-refractivity contribution < 1.29 is 9.53 Å². The first-order chi connectivity index (χ1) is 10.0. The largest absolute Gasteiger partial charge is 0.381 e.